The largest absolute Gasteiger partial charge is 0.428 e. The van der Waals surface area contributed by atoms with Gasteiger partial charge in [-0.1, -0.05) is 17.7 Å². The van der Waals surface area contributed by atoms with Gasteiger partial charge in [0.2, 0.25) is 0 Å². The molecule has 0 saturated carbocycles. The molecule has 1 aliphatic carbocycles. The van der Waals surface area contributed by atoms with Gasteiger partial charge < -0.3 is 0 Å². The average molecular weight is 239 g/mol. The topological polar surface area (TPSA) is 24.7 Å². The van der Waals surface area contributed by atoms with E-state index in [0.717, 1.165) is 31.3 Å². The zero-order valence-electron chi connectivity index (χ0n) is 7.89. The Morgan fingerprint density at radius 3 is 2.67 bits per heavy atom. The standard InChI is InChI=1S/C9H10ClF3N2/c10-8(7-4-2-1-3-5-7)15-14-6-9(11,12)13/h4,6H,1-3,5H2/b14-6+,15-8-. The van der Waals surface area contributed by atoms with Crippen LogP contribution in [0, 0.1) is 0 Å². The predicted octanol–water partition coefficient (Wildman–Crippen LogP) is 3.67. The van der Waals surface area contributed by atoms with E-state index in [1.807, 2.05) is 6.08 Å². The third-order valence-electron chi connectivity index (χ3n) is 1.91. The second-order valence-corrected chi connectivity index (χ2v) is 3.51. The van der Waals surface area contributed by atoms with Crippen LogP contribution in [0.15, 0.2) is 21.9 Å². The lowest BCUT2D eigenvalue weighted by atomic mass is 10.0. The number of allylic oxidation sites excluding steroid dienone is 2. The number of rotatable bonds is 2. The minimum Gasteiger partial charge on any atom is -0.165 e. The first-order valence-electron chi connectivity index (χ1n) is 4.53. The molecule has 0 fully saturated rings. The predicted molar refractivity (Wildman–Crippen MR) is 54.4 cm³/mol. The van der Waals surface area contributed by atoms with Crippen molar-refractivity contribution in [3.05, 3.63) is 11.6 Å². The molecule has 0 N–H and O–H groups in total. The van der Waals surface area contributed by atoms with Crippen molar-refractivity contribution in [2.75, 3.05) is 0 Å². The number of halogens is 4. The Bertz CT molecular complexity index is 305. The molecule has 0 atom stereocenters. The lowest BCUT2D eigenvalue weighted by molar-refractivity contribution is -0.0537. The molecule has 84 valence electrons. The van der Waals surface area contributed by atoms with Gasteiger partial charge in [0.25, 0.3) is 0 Å². The van der Waals surface area contributed by atoms with Crippen molar-refractivity contribution in [1.82, 2.24) is 0 Å². The Hall–Kier alpha value is -0.840. The smallest absolute Gasteiger partial charge is 0.165 e. The fourth-order valence-electron chi connectivity index (χ4n) is 1.23. The first-order valence-corrected chi connectivity index (χ1v) is 4.90. The van der Waals surface area contributed by atoms with Crippen LogP contribution >= 0.6 is 11.6 Å². The molecule has 15 heavy (non-hydrogen) atoms. The van der Waals surface area contributed by atoms with Crippen molar-refractivity contribution in [2.45, 2.75) is 31.9 Å². The quantitative estimate of drug-likeness (QED) is 0.518. The summed E-state index contributed by atoms with van der Waals surface area (Å²) in [5.41, 5.74) is 0.780. The van der Waals surface area contributed by atoms with Crippen LogP contribution in [0.25, 0.3) is 0 Å². The van der Waals surface area contributed by atoms with Crippen LogP contribution in [0.5, 0.6) is 0 Å². The summed E-state index contributed by atoms with van der Waals surface area (Å²) in [5, 5.41) is 6.23. The number of alkyl halides is 3. The minimum absolute atomic E-state index is 0.0511. The average Bonchev–Trinajstić information content (AvgIpc) is 2.17. The van der Waals surface area contributed by atoms with Crippen LogP contribution in [0.2, 0.25) is 0 Å². The summed E-state index contributed by atoms with van der Waals surface area (Å²) < 4.78 is 35.0. The fourth-order valence-corrected chi connectivity index (χ4v) is 1.45. The van der Waals surface area contributed by atoms with Crippen molar-refractivity contribution in [2.24, 2.45) is 10.2 Å². The highest BCUT2D eigenvalue weighted by Gasteiger charge is 2.23. The highest BCUT2D eigenvalue weighted by Crippen LogP contribution is 2.20. The van der Waals surface area contributed by atoms with E-state index in [1.165, 1.54) is 0 Å². The van der Waals surface area contributed by atoms with Gasteiger partial charge in [0.1, 0.15) is 6.21 Å². The zero-order valence-corrected chi connectivity index (χ0v) is 8.65. The lowest BCUT2D eigenvalue weighted by Crippen LogP contribution is -2.08. The molecule has 0 aliphatic heterocycles. The van der Waals surface area contributed by atoms with E-state index >= 15 is 0 Å². The lowest BCUT2D eigenvalue weighted by Gasteiger charge is -2.09. The zero-order chi connectivity index (χ0) is 11.3. The van der Waals surface area contributed by atoms with Crippen molar-refractivity contribution in [3.8, 4) is 0 Å². The normalized spacial score (nSPS) is 19.5. The maximum Gasteiger partial charge on any atom is 0.428 e. The van der Waals surface area contributed by atoms with Crippen molar-refractivity contribution in [3.63, 3.8) is 0 Å². The summed E-state index contributed by atoms with van der Waals surface area (Å²) in [7, 11) is 0. The number of hydrogen-bond donors (Lipinski definition) is 0. The number of nitrogens with zero attached hydrogens (tertiary/aromatic N) is 2. The van der Waals surface area contributed by atoms with E-state index < -0.39 is 6.18 Å². The molecule has 1 rings (SSSR count). The first kappa shape index (κ1) is 12.2. The Morgan fingerprint density at radius 2 is 2.13 bits per heavy atom. The Labute approximate surface area is 90.5 Å². The van der Waals surface area contributed by atoms with Crippen LogP contribution in [0.4, 0.5) is 13.2 Å². The van der Waals surface area contributed by atoms with Crippen molar-refractivity contribution < 1.29 is 13.2 Å². The molecule has 0 bridgehead atoms. The Morgan fingerprint density at radius 1 is 1.40 bits per heavy atom. The van der Waals surface area contributed by atoms with Crippen molar-refractivity contribution >= 4 is 23.0 Å². The molecule has 0 aromatic heterocycles. The monoisotopic (exact) mass is 238 g/mol. The van der Waals surface area contributed by atoms with Crippen LogP contribution in [0.1, 0.15) is 25.7 Å². The summed E-state index contributed by atoms with van der Waals surface area (Å²) >= 11 is 5.69. The molecule has 2 nitrogen and oxygen atoms in total. The molecule has 6 heteroatoms. The molecule has 0 aromatic rings. The maximum atomic E-state index is 11.7. The molecule has 0 heterocycles. The van der Waals surface area contributed by atoms with Crippen LogP contribution in [0.3, 0.4) is 0 Å². The third kappa shape index (κ3) is 4.97. The molecule has 0 radical (unpaired) electrons. The maximum absolute atomic E-state index is 11.7. The van der Waals surface area contributed by atoms with Gasteiger partial charge in [-0.25, -0.2) is 0 Å². The van der Waals surface area contributed by atoms with E-state index in [9.17, 15) is 13.2 Å². The first-order chi connectivity index (χ1) is 6.99. The minimum atomic E-state index is -4.44. The van der Waals surface area contributed by atoms with E-state index in [4.69, 9.17) is 11.6 Å². The molecule has 0 aromatic carbocycles. The van der Waals surface area contributed by atoms with Gasteiger partial charge >= 0.3 is 6.18 Å². The summed E-state index contributed by atoms with van der Waals surface area (Å²) in [4.78, 5) is 0. The second-order valence-electron chi connectivity index (χ2n) is 3.15. The van der Waals surface area contributed by atoms with Gasteiger partial charge in [-0.05, 0) is 31.3 Å². The molecule has 0 spiro atoms. The molecule has 0 saturated heterocycles. The van der Waals surface area contributed by atoms with Crippen LogP contribution in [-0.2, 0) is 0 Å². The van der Waals surface area contributed by atoms with Crippen LogP contribution in [-0.4, -0.2) is 17.6 Å². The van der Waals surface area contributed by atoms with Gasteiger partial charge in [0, 0.05) is 0 Å². The summed E-state index contributed by atoms with van der Waals surface area (Å²) in [6.45, 7) is 0. The summed E-state index contributed by atoms with van der Waals surface area (Å²) in [6.07, 6.45) is 0.979. The highest BCUT2D eigenvalue weighted by atomic mass is 35.5. The van der Waals surface area contributed by atoms with Gasteiger partial charge in [0.15, 0.2) is 5.17 Å². The molecular weight excluding hydrogens is 229 g/mol. The Balaban J connectivity index is 2.59. The molecule has 1 aliphatic rings. The molecular formula is C9H10ClF3N2. The van der Waals surface area contributed by atoms with Crippen molar-refractivity contribution in [1.29, 1.82) is 0 Å². The highest BCUT2D eigenvalue weighted by molar-refractivity contribution is 6.69. The van der Waals surface area contributed by atoms with Gasteiger partial charge in [-0.15, -0.1) is 5.10 Å². The number of hydrogen-bond acceptors (Lipinski definition) is 2. The van der Waals surface area contributed by atoms with E-state index in [2.05, 4.69) is 10.2 Å². The van der Waals surface area contributed by atoms with Gasteiger partial charge in [-0.3, -0.25) is 0 Å². The van der Waals surface area contributed by atoms with E-state index in [0.29, 0.717) is 0 Å². The fraction of sp³-hybridized carbons (Fsp3) is 0.556. The molecule has 0 unspecified atom stereocenters. The second kappa shape index (κ2) is 5.30. The van der Waals surface area contributed by atoms with Gasteiger partial charge in [-0.2, -0.15) is 18.3 Å². The third-order valence-corrected chi connectivity index (χ3v) is 2.22. The summed E-state index contributed by atoms with van der Waals surface area (Å²) in [6, 6.07) is 0. The molecule has 0 amide bonds. The van der Waals surface area contributed by atoms with Gasteiger partial charge in [0.05, 0.1) is 0 Å². The van der Waals surface area contributed by atoms with E-state index in [-0.39, 0.29) is 11.4 Å². The summed E-state index contributed by atoms with van der Waals surface area (Å²) in [5.74, 6) is 0. The van der Waals surface area contributed by atoms with E-state index in [1.54, 1.807) is 0 Å². The Kier molecular flexibility index (Phi) is 4.32. The van der Waals surface area contributed by atoms with Crippen LogP contribution < -0.4 is 0 Å². The SMILES string of the molecule is FC(F)(F)/C=N/N=C(\Cl)C1=CCCCC1.